The number of hydrogen-bond acceptors (Lipinski definition) is 4. The summed E-state index contributed by atoms with van der Waals surface area (Å²) in [6.45, 7) is 7.34. The highest BCUT2D eigenvalue weighted by Gasteiger charge is 2.27. The molecule has 6 nitrogen and oxygen atoms in total. The molecular weight excluding hydrogens is 352 g/mol. The first-order valence-electron chi connectivity index (χ1n) is 11.2. The molecule has 0 aromatic carbocycles. The van der Waals surface area contributed by atoms with Crippen LogP contribution in [0.25, 0.3) is 0 Å². The molecule has 0 bridgehead atoms. The molecule has 1 amide bonds. The summed E-state index contributed by atoms with van der Waals surface area (Å²) >= 11 is 0. The third-order valence-corrected chi connectivity index (χ3v) is 6.89. The molecule has 0 aliphatic carbocycles. The second-order valence-corrected chi connectivity index (χ2v) is 9.01. The first-order valence-corrected chi connectivity index (χ1v) is 11.2. The van der Waals surface area contributed by atoms with Crippen molar-refractivity contribution < 1.29 is 4.79 Å². The van der Waals surface area contributed by atoms with Crippen LogP contribution in [0.4, 0.5) is 0 Å². The van der Waals surface area contributed by atoms with Gasteiger partial charge in [-0.3, -0.25) is 19.1 Å². The zero-order valence-corrected chi connectivity index (χ0v) is 17.2. The quantitative estimate of drug-likeness (QED) is 0.800. The van der Waals surface area contributed by atoms with E-state index < -0.39 is 0 Å². The molecule has 154 valence electrons. The maximum absolute atomic E-state index is 12.7. The number of rotatable bonds is 3. The lowest BCUT2D eigenvalue weighted by atomic mass is 9.93. The van der Waals surface area contributed by atoms with Crippen molar-refractivity contribution in [2.45, 2.75) is 70.8 Å². The lowest BCUT2D eigenvalue weighted by molar-refractivity contribution is -0.133. The van der Waals surface area contributed by atoms with Crippen molar-refractivity contribution in [2.24, 2.45) is 5.92 Å². The number of carbonyl (C=O) groups excluding carboxylic acids is 1. The molecule has 0 radical (unpaired) electrons. The number of likely N-dealkylation sites (tertiary alicyclic amines) is 2. The molecule has 4 heterocycles. The molecule has 4 rings (SSSR count). The molecule has 0 atom stereocenters. The normalized spacial score (nSPS) is 22.7. The van der Waals surface area contributed by atoms with Crippen LogP contribution in [-0.4, -0.2) is 58.0 Å². The highest BCUT2D eigenvalue weighted by molar-refractivity contribution is 5.78. The van der Waals surface area contributed by atoms with Crippen LogP contribution in [0.15, 0.2) is 10.9 Å². The van der Waals surface area contributed by atoms with Gasteiger partial charge in [0.25, 0.3) is 5.56 Å². The van der Waals surface area contributed by atoms with Gasteiger partial charge in [0.2, 0.25) is 5.91 Å². The van der Waals surface area contributed by atoms with E-state index in [1.165, 1.54) is 19.3 Å². The lowest BCUT2D eigenvalue weighted by Gasteiger charge is -2.35. The third-order valence-electron chi connectivity index (χ3n) is 6.89. The first-order chi connectivity index (χ1) is 13.6. The highest BCUT2D eigenvalue weighted by atomic mass is 16.2. The smallest absolute Gasteiger partial charge is 0.253 e. The van der Waals surface area contributed by atoms with E-state index in [9.17, 15) is 9.59 Å². The number of fused-ring (bicyclic) bond motifs is 1. The maximum atomic E-state index is 12.7. The van der Waals surface area contributed by atoms with Crippen LogP contribution in [0.1, 0.15) is 69.3 Å². The minimum atomic E-state index is 0.111. The van der Waals surface area contributed by atoms with E-state index in [1.54, 1.807) is 6.07 Å². The number of carbonyl (C=O) groups is 1. The van der Waals surface area contributed by atoms with Crippen molar-refractivity contribution in [1.82, 2.24) is 19.4 Å². The summed E-state index contributed by atoms with van der Waals surface area (Å²) in [5.74, 6) is 2.34. The van der Waals surface area contributed by atoms with E-state index in [1.807, 2.05) is 9.47 Å². The monoisotopic (exact) mass is 386 g/mol. The van der Waals surface area contributed by atoms with Crippen LogP contribution >= 0.6 is 0 Å². The first kappa shape index (κ1) is 19.6. The Hall–Kier alpha value is -1.69. The van der Waals surface area contributed by atoms with E-state index in [4.69, 9.17) is 4.98 Å². The van der Waals surface area contributed by atoms with Gasteiger partial charge in [-0.2, -0.15) is 0 Å². The Balaban J connectivity index is 1.34. The SMILES string of the molecule is CC1CCN(CC(=O)N2CCC(c3cc(=O)n4c(n3)CCCCC4)CC2)CC1. The summed E-state index contributed by atoms with van der Waals surface area (Å²) in [5, 5.41) is 0. The topological polar surface area (TPSA) is 58.4 Å². The number of piperidine rings is 2. The van der Waals surface area contributed by atoms with Gasteiger partial charge >= 0.3 is 0 Å². The Morgan fingerprint density at radius 1 is 1.04 bits per heavy atom. The fourth-order valence-electron chi connectivity index (χ4n) is 4.88. The number of amides is 1. The highest BCUT2D eigenvalue weighted by Crippen LogP contribution is 2.27. The number of aryl methyl sites for hydroxylation is 1. The predicted octanol–water partition coefficient (Wildman–Crippen LogP) is 2.41. The van der Waals surface area contributed by atoms with Crippen molar-refractivity contribution in [2.75, 3.05) is 32.7 Å². The van der Waals surface area contributed by atoms with Crippen molar-refractivity contribution in [3.8, 4) is 0 Å². The van der Waals surface area contributed by atoms with E-state index in [0.29, 0.717) is 12.5 Å². The summed E-state index contributed by atoms with van der Waals surface area (Å²) in [4.78, 5) is 34.4. The second kappa shape index (κ2) is 8.76. The van der Waals surface area contributed by atoms with Crippen LogP contribution < -0.4 is 5.56 Å². The Morgan fingerprint density at radius 3 is 2.54 bits per heavy atom. The number of aromatic nitrogens is 2. The molecule has 2 fully saturated rings. The van der Waals surface area contributed by atoms with Crippen LogP contribution in [0, 0.1) is 5.92 Å². The van der Waals surface area contributed by atoms with Gasteiger partial charge in [-0.1, -0.05) is 13.3 Å². The van der Waals surface area contributed by atoms with E-state index in [0.717, 1.165) is 82.3 Å². The summed E-state index contributed by atoms with van der Waals surface area (Å²) in [6.07, 6.45) is 8.52. The molecule has 0 spiro atoms. The molecule has 0 N–H and O–H groups in total. The van der Waals surface area contributed by atoms with Gasteiger partial charge in [-0.25, -0.2) is 4.98 Å². The van der Waals surface area contributed by atoms with Crippen LogP contribution in [0.5, 0.6) is 0 Å². The minimum absolute atomic E-state index is 0.111. The Labute approximate surface area is 167 Å². The summed E-state index contributed by atoms with van der Waals surface area (Å²) < 4.78 is 1.87. The molecule has 0 unspecified atom stereocenters. The largest absolute Gasteiger partial charge is 0.342 e. The standard InChI is InChI=1S/C22H34N4O2/c1-17-6-11-24(12-7-17)16-22(28)25-13-8-18(9-14-25)19-15-21(27)26-10-4-2-3-5-20(26)23-19/h15,17-18H,2-14,16H2,1H3. The van der Waals surface area contributed by atoms with Crippen molar-refractivity contribution in [3.05, 3.63) is 27.9 Å². The Kier molecular flexibility index (Phi) is 6.14. The van der Waals surface area contributed by atoms with Crippen LogP contribution in [0.3, 0.4) is 0 Å². The number of nitrogens with zero attached hydrogens (tertiary/aromatic N) is 4. The molecule has 1 aromatic heterocycles. The lowest BCUT2D eigenvalue weighted by Crippen LogP contribution is -2.45. The summed E-state index contributed by atoms with van der Waals surface area (Å²) in [5.41, 5.74) is 1.06. The fourth-order valence-corrected chi connectivity index (χ4v) is 4.88. The molecule has 6 heteroatoms. The minimum Gasteiger partial charge on any atom is -0.342 e. The predicted molar refractivity (Wildman–Crippen MR) is 109 cm³/mol. The number of hydrogen-bond donors (Lipinski definition) is 0. The molecular formula is C22H34N4O2. The maximum Gasteiger partial charge on any atom is 0.253 e. The molecule has 2 saturated heterocycles. The zero-order valence-electron chi connectivity index (χ0n) is 17.2. The second-order valence-electron chi connectivity index (χ2n) is 9.01. The van der Waals surface area contributed by atoms with E-state index in [2.05, 4.69) is 11.8 Å². The van der Waals surface area contributed by atoms with Crippen LogP contribution in [-0.2, 0) is 17.8 Å². The van der Waals surface area contributed by atoms with Crippen molar-refractivity contribution in [1.29, 1.82) is 0 Å². The van der Waals surface area contributed by atoms with Gasteiger partial charge in [0.05, 0.1) is 12.2 Å². The average molecular weight is 387 g/mol. The van der Waals surface area contributed by atoms with Gasteiger partial charge in [0.1, 0.15) is 5.82 Å². The molecule has 1 aromatic rings. The average Bonchev–Trinajstić information content (AvgIpc) is 2.96. The van der Waals surface area contributed by atoms with Gasteiger partial charge in [-0.05, 0) is 57.5 Å². The molecule has 3 aliphatic rings. The van der Waals surface area contributed by atoms with Crippen molar-refractivity contribution >= 4 is 5.91 Å². The van der Waals surface area contributed by atoms with Gasteiger partial charge < -0.3 is 4.90 Å². The van der Waals surface area contributed by atoms with E-state index in [-0.39, 0.29) is 11.5 Å². The summed E-state index contributed by atoms with van der Waals surface area (Å²) in [7, 11) is 0. The fraction of sp³-hybridized carbons (Fsp3) is 0.773. The molecule has 28 heavy (non-hydrogen) atoms. The Morgan fingerprint density at radius 2 is 1.79 bits per heavy atom. The van der Waals surface area contributed by atoms with Crippen molar-refractivity contribution in [3.63, 3.8) is 0 Å². The van der Waals surface area contributed by atoms with Gasteiger partial charge in [0.15, 0.2) is 0 Å². The summed E-state index contributed by atoms with van der Waals surface area (Å²) in [6, 6.07) is 1.76. The van der Waals surface area contributed by atoms with E-state index >= 15 is 0 Å². The zero-order chi connectivity index (χ0) is 19.5. The van der Waals surface area contributed by atoms with Gasteiger partial charge in [0, 0.05) is 38.0 Å². The molecule has 0 saturated carbocycles. The van der Waals surface area contributed by atoms with Crippen LogP contribution in [0.2, 0.25) is 0 Å². The van der Waals surface area contributed by atoms with Gasteiger partial charge in [-0.15, -0.1) is 0 Å². The molecule has 3 aliphatic heterocycles. The third kappa shape index (κ3) is 4.48. The Bertz CT molecular complexity index is 743.